The summed E-state index contributed by atoms with van der Waals surface area (Å²) in [6.45, 7) is 11.9. The van der Waals surface area contributed by atoms with Gasteiger partial charge in [-0.3, -0.25) is 9.89 Å². The third-order valence-electron chi connectivity index (χ3n) is 6.42. The lowest BCUT2D eigenvalue weighted by Crippen LogP contribution is -2.51. The molecular weight excluding hydrogens is 439 g/mol. The Hall–Kier alpha value is -0.0800. The van der Waals surface area contributed by atoms with E-state index in [0.717, 1.165) is 38.8 Å². The summed E-state index contributed by atoms with van der Waals surface area (Å²) in [5, 5.41) is 3.71. The number of halogens is 1. The van der Waals surface area contributed by atoms with Gasteiger partial charge in [0.2, 0.25) is 0 Å². The molecule has 1 saturated carbocycles. The molecule has 1 aliphatic carbocycles. The molecular formula is C20H39IN4O. The number of morpholine rings is 1. The van der Waals surface area contributed by atoms with Crippen LogP contribution < -0.4 is 5.32 Å². The number of hydrogen-bond donors (Lipinski definition) is 1. The van der Waals surface area contributed by atoms with Crippen LogP contribution in [0.15, 0.2) is 4.99 Å². The molecule has 0 bridgehead atoms. The van der Waals surface area contributed by atoms with Gasteiger partial charge in [-0.25, -0.2) is 0 Å². The first-order valence-corrected chi connectivity index (χ1v) is 10.4. The van der Waals surface area contributed by atoms with Crippen molar-refractivity contribution in [3.63, 3.8) is 0 Å². The van der Waals surface area contributed by atoms with Gasteiger partial charge >= 0.3 is 0 Å². The van der Waals surface area contributed by atoms with Crippen LogP contribution in [0.1, 0.15) is 52.4 Å². The fraction of sp³-hybridized carbons (Fsp3) is 0.950. The minimum atomic E-state index is 0. The Labute approximate surface area is 177 Å². The Kier molecular flexibility index (Phi) is 8.94. The topological polar surface area (TPSA) is 40.1 Å². The van der Waals surface area contributed by atoms with E-state index in [9.17, 15) is 0 Å². The van der Waals surface area contributed by atoms with Gasteiger partial charge in [-0.05, 0) is 37.0 Å². The largest absolute Gasteiger partial charge is 0.379 e. The standard InChI is InChI=1S/C20H38N4O.HI/c1-17(2)14-18(23-10-12-25-13-11-23)15-22-19(21-3)24-9-8-20(16-24)6-4-5-7-20;/h17-18H,4-16H2,1-3H3,(H,21,22);1H. The van der Waals surface area contributed by atoms with E-state index in [4.69, 9.17) is 4.74 Å². The van der Waals surface area contributed by atoms with Crippen LogP contribution in [0, 0.1) is 11.3 Å². The Balaban J connectivity index is 0.00000243. The summed E-state index contributed by atoms with van der Waals surface area (Å²) in [5.74, 6) is 1.83. The van der Waals surface area contributed by atoms with Crippen LogP contribution in [-0.4, -0.2) is 74.8 Å². The molecule has 1 N–H and O–H groups in total. The van der Waals surface area contributed by atoms with Crippen LogP contribution >= 0.6 is 24.0 Å². The fourth-order valence-electron chi connectivity index (χ4n) is 5.04. The highest BCUT2D eigenvalue weighted by molar-refractivity contribution is 14.0. The summed E-state index contributed by atoms with van der Waals surface area (Å²) in [6.07, 6.45) is 8.27. The zero-order chi connectivity index (χ0) is 17.7. The summed E-state index contributed by atoms with van der Waals surface area (Å²) in [6, 6.07) is 0.573. The van der Waals surface area contributed by atoms with Gasteiger partial charge in [-0.1, -0.05) is 26.7 Å². The van der Waals surface area contributed by atoms with Crippen molar-refractivity contribution in [3.8, 4) is 0 Å². The average molecular weight is 478 g/mol. The van der Waals surface area contributed by atoms with Crippen molar-refractivity contribution >= 4 is 29.9 Å². The Morgan fingerprint density at radius 3 is 2.42 bits per heavy atom. The van der Waals surface area contributed by atoms with E-state index in [1.54, 1.807) is 0 Å². The molecule has 3 aliphatic rings. The van der Waals surface area contributed by atoms with Gasteiger partial charge in [0.05, 0.1) is 13.2 Å². The maximum Gasteiger partial charge on any atom is 0.193 e. The second-order valence-electron chi connectivity index (χ2n) is 8.74. The number of rotatable bonds is 5. The molecule has 3 rings (SSSR count). The highest BCUT2D eigenvalue weighted by Gasteiger charge is 2.41. The third-order valence-corrected chi connectivity index (χ3v) is 6.42. The number of hydrogen-bond acceptors (Lipinski definition) is 3. The number of guanidine groups is 1. The number of nitrogens with one attached hydrogen (secondary N) is 1. The zero-order valence-electron chi connectivity index (χ0n) is 17.0. The van der Waals surface area contributed by atoms with Gasteiger partial charge in [0, 0.05) is 45.8 Å². The van der Waals surface area contributed by atoms with Crippen LogP contribution in [0.4, 0.5) is 0 Å². The van der Waals surface area contributed by atoms with Crippen molar-refractivity contribution in [2.24, 2.45) is 16.3 Å². The molecule has 0 aromatic heterocycles. The number of likely N-dealkylation sites (tertiary alicyclic amines) is 1. The summed E-state index contributed by atoms with van der Waals surface area (Å²) in [7, 11) is 1.94. The third kappa shape index (κ3) is 5.71. The molecule has 0 radical (unpaired) electrons. The zero-order valence-corrected chi connectivity index (χ0v) is 19.3. The van der Waals surface area contributed by atoms with Crippen LogP contribution in [0.25, 0.3) is 0 Å². The lowest BCUT2D eigenvalue weighted by Gasteiger charge is -2.36. The Bertz CT molecular complexity index is 445. The van der Waals surface area contributed by atoms with Gasteiger partial charge in [0.1, 0.15) is 0 Å². The van der Waals surface area contributed by atoms with Crippen LogP contribution in [0.5, 0.6) is 0 Å². The van der Waals surface area contributed by atoms with Crippen LogP contribution in [0.3, 0.4) is 0 Å². The van der Waals surface area contributed by atoms with Gasteiger partial charge in [-0.15, -0.1) is 24.0 Å². The Morgan fingerprint density at radius 2 is 1.81 bits per heavy atom. The van der Waals surface area contributed by atoms with Crippen molar-refractivity contribution in [2.75, 3.05) is 53.0 Å². The fourth-order valence-corrected chi connectivity index (χ4v) is 5.04. The van der Waals surface area contributed by atoms with Crippen molar-refractivity contribution in [3.05, 3.63) is 0 Å². The molecule has 1 unspecified atom stereocenters. The van der Waals surface area contributed by atoms with Crippen molar-refractivity contribution in [1.82, 2.24) is 15.1 Å². The van der Waals surface area contributed by atoms with E-state index in [1.165, 1.54) is 51.6 Å². The van der Waals surface area contributed by atoms with Crippen LogP contribution in [-0.2, 0) is 4.74 Å². The molecule has 0 amide bonds. The first kappa shape index (κ1) is 22.2. The molecule has 2 saturated heterocycles. The van der Waals surface area contributed by atoms with Gasteiger partial charge in [0.15, 0.2) is 5.96 Å². The summed E-state index contributed by atoms with van der Waals surface area (Å²) < 4.78 is 5.54. The molecule has 26 heavy (non-hydrogen) atoms. The first-order chi connectivity index (χ1) is 12.1. The Morgan fingerprint density at radius 1 is 1.12 bits per heavy atom. The van der Waals surface area contributed by atoms with E-state index in [-0.39, 0.29) is 24.0 Å². The smallest absolute Gasteiger partial charge is 0.193 e. The SMILES string of the molecule is CN=C(NCC(CC(C)C)N1CCOCC1)N1CCC2(CCCC2)C1.I. The number of aliphatic imine (C=N–C) groups is 1. The van der Waals surface area contributed by atoms with E-state index in [2.05, 4.69) is 34.0 Å². The summed E-state index contributed by atoms with van der Waals surface area (Å²) >= 11 is 0. The minimum absolute atomic E-state index is 0. The molecule has 152 valence electrons. The molecule has 2 heterocycles. The molecule has 2 aliphatic heterocycles. The summed E-state index contributed by atoms with van der Waals surface area (Å²) in [5.41, 5.74) is 0.596. The van der Waals surface area contributed by atoms with E-state index in [1.807, 2.05) is 7.05 Å². The van der Waals surface area contributed by atoms with Crippen molar-refractivity contribution in [1.29, 1.82) is 0 Å². The van der Waals surface area contributed by atoms with Crippen molar-refractivity contribution in [2.45, 2.75) is 58.4 Å². The molecule has 0 aromatic rings. The van der Waals surface area contributed by atoms with Gasteiger partial charge in [-0.2, -0.15) is 0 Å². The van der Waals surface area contributed by atoms with Crippen molar-refractivity contribution < 1.29 is 4.74 Å². The number of nitrogens with zero attached hydrogens (tertiary/aromatic N) is 3. The van der Waals surface area contributed by atoms with E-state index < -0.39 is 0 Å². The normalized spacial score (nSPS) is 24.9. The van der Waals surface area contributed by atoms with E-state index in [0.29, 0.717) is 17.4 Å². The molecule has 3 fully saturated rings. The van der Waals surface area contributed by atoms with E-state index >= 15 is 0 Å². The number of ether oxygens (including phenoxy) is 1. The molecule has 0 aromatic carbocycles. The quantitative estimate of drug-likeness (QED) is 0.375. The first-order valence-electron chi connectivity index (χ1n) is 10.4. The van der Waals surface area contributed by atoms with Gasteiger partial charge in [0.25, 0.3) is 0 Å². The highest BCUT2D eigenvalue weighted by atomic mass is 127. The van der Waals surface area contributed by atoms with Gasteiger partial charge < -0.3 is 15.0 Å². The maximum absolute atomic E-state index is 5.54. The molecule has 1 atom stereocenters. The second-order valence-corrected chi connectivity index (χ2v) is 8.74. The predicted octanol–water partition coefficient (Wildman–Crippen LogP) is 3.19. The lowest BCUT2D eigenvalue weighted by atomic mass is 9.86. The molecule has 6 heteroatoms. The highest BCUT2D eigenvalue weighted by Crippen LogP contribution is 2.45. The molecule has 1 spiro atoms. The molecule has 5 nitrogen and oxygen atoms in total. The minimum Gasteiger partial charge on any atom is -0.379 e. The summed E-state index contributed by atoms with van der Waals surface area (Å²) in [4.78, 5) is 9.72. The lowest BCUT2D eigenvalue weighted by molar-refractivity contribution is 0.0131. The average Bonchev–Trinajstić information content (AvgIpc) is 3.25. The second kappa shape index (κ2) is 10.5. The van der Waals surface area contributed by atoms with Crippen LogP contribution in [0.2, 0.25) is 0 Å². The predicted molar refractivity (Wildman–Crippen MR) is 120 cm³/mol. The monoisotopic (exact) mass is 478 g/mol. The maximum atomic E-state index is 5.54.